The van der Waals surface area contributed by atoms with E-state index in [9.17, 15) is 14.4 Å². The topological polar surface area (TPSA) is 116 Å². The van der Waals surface area contributed by atoms with Gasteiger partial charge in [0.15, 0.2) is 25.0 Å². The number of rotatable bonds is 4. The lowest BCUT2D eigenvalue weighted by Gasteiger charge is -2.09. The Bertz CT molecular complexity index is 165. The zero-order valence-electron chi connectivity index (χ0n) is 5.93. The summed E-state index contributed by atoms with van der Waals surface area (Å²) in [5, 5.41) is 20.4. The van der Waals surface area contributed by atoms with Crippen molar-refractivity contribution in [1.82, 2.24) is 10.6 Å². The van der Waals surface area contributed by atoms with E-state index in [1.54, 1.807) is 10.6 Å². The molecule has 2 unspecified atom stereocenters. The van der Waals surface area contributed by atoms with Crippen molar-refractivity contribution in [2.75, 3.05) is 0 Å². The number of carbonyl (C=O) groups is 3. The van der Waals surface area contributed by atoms with Crippen molar-refractivity contribution < 1.29 is 24.6 Å². The summed E-state index contributed by atoms with van der Waals surface area (Å²) in [7, 11) is 0. The van der Waals surface area contributed by atoms with E-state index in [0.29, 0.717) is 0 Å². The van der Waals surface area contributed by atoms with Gasteiger partial charge >= 0.3 is 6.03 Å². The maximum Gasteiger partial charge on any atom is 0.319 e. The van der Waals surface area contributed by atoms with E-state index in [1.165, 1.54) is 0 Å². The molecule has 2 amide bonds. The molecule has 0 aromatic carbocycles. The fourth-order valence-corrected chi connectivity index (χ4v) is 0.378. The molecule has 2 atom stereocenters. The van der Waals surface area contributed by atoms with Crippen molar-refractivity contribution in [1.29, 1.82) is 0 Å². The number of nitrogens with one attached hydrogen (secondary N) is 2. The van der Waals surface area contributed by atoms with Gasteiger partial charge in [-0.3, -0.25) is 9.59 Å². The van der Waals surface area contributed by atoms with Gasteiger partial charge in [-0.15, -0.1) is 0 Å². The molecule has 4 N–H and O–H groups in total. The molecule has 0 rings (SSSR count). The molecular formula is C5H8N2O5. The van der Waals surface area contributed by atoms with E-state index in [-0.39, 0.29) is 12.6 Å². The normalized spacial score (nSPS) is 14.2. The molecule has 0 spiro atoms. The Hall–Kier alpha value is -1.47. The smallest absolute Gasteiger partial charge is 0.319 e. The minimum atomic E-state index is -1.65. The average molecular weight is 176 g/mol. The molecule has 0 aromatic rings. The van der Waals surface area contributed by atoms with Crippen molar-refractivity contribution in [2.24, 2.45) is 0 Å². The molecule has 0 aliphatic carbocycles. The largest absolute Gasteiger partial charge is 0.367 e. The molecule has 12 heavy (non-hydrogen) atoms. The summed E-state index contributed by atoms with van der Waals surface area (Å²) in [5.74, 6) is 0. The van der Waals surface area contributed by atoms with Crippen LogP contribution in [0.5, 0.6) is 0 Å². The SMILES string of the molecule is O=CC(O)NC(=O)NC(O)C=O. The zero-order valence-corrected chi connectivity index (χ0v) is 5.93. The lowest BCUT2D eigenvalue weighted by Crippen LogP contribution is -2.47. The highest BCUT2D eigenvalue weighted by Gasteiger charge is 2.09. The third kappa shape index (κ3) is 4.36. The predicted molar refractivity (Wildman–Crippen MR) is 35.8 cm³/mol. The molecule has 0 aromatic heterocycles. The molecule has 7 heteroatoms. The molecule has 0 aliphatic heterocycles. The quantitative estimate of drug-likeness (QED) is 0.275. The number of hydrogen-bond donors (Lipinski definition) is 4. The molecule has 0 aliphatic rings. The van der Waals surface area contributed by atoms with Crippen LogP contribution in [-0.4, -0.2) is 41.3 Å². The Morgan fingerprint density at radius 1 is 1.08 bits per heavy atom. The van der Waals surface area contributed by atoms with Crippen LogP contribution in [0.25, 0.3) is 0 Å². The first-order chi connectivity index (χ1) is 5.60. The molecular weight excluding hydrogens is 168 g/mol. The van der Waals surface area contributed by atoms with Gasteiger partial charge in [0, 0.05) is 0 Å². The predicted octanol–water partition coefficient (Wildman–Crippen LogP) is -2.68. The van der Waals surface area contributed by atoms with Crippen LogP contribution in [0.3, 0.4) is 0 Å². The maximum absolute atomic E-state index is 10.5. The number of aldehydes is 2. The molecule has 0 saturated heterocycles. The molecule has 0 fully saturated rings. The summed E-state index contributed by atoms with van der Waals surface area (Å²) in [6, 6.07) is -1.02. The zero-order chi connectivity index (χ0) is 9.56. The first kappa shape index (κ1) is 10.5. The second-order valence-corrected chi connectivity index (χ2v) is 1.78. The van der Waals surface area contributed by atoms with Gasteiger partial charge in [-0.05, 0) is 0 Å². The Kier molecular flexibility index (Phi) is 4.58. The summed E-state index contributed by atoms with van der Waals surface area (Å²) in [6.45, 7) is 0. The van der Waals surface area contributed by atoms with Gasteiger partial charge in [-0.1, -0.05) is 0 Å². The molecule has 7 nitrogen and oxygen atoms in total. The highest BCUT2D eigenvalue weighted by atomic mass is 16.3. The van der Waals surface area contributed by atoms with Crippen LogP contribution in [0.2, 0.25) is 0 Å². The van der Waals surface area contributed by atoms with Crippen LogP contribution in [0.15, 0.2) is 0 Å². The van der Waals surface area contributed by atoms with Gasteiger partial charge in [0.05, 0.1) is 0 Å². The van der Waals surface area contributed by atoms with Crippen LogP contribution in [-0.2, 0) is 9.59 Å². The van der Waals surface area contributed by atoms with E-state index in [1.807, 2.05) is 0 Å². The second-order valence-electron chi connectivity index (χ2n) is 1.78. The summed E-state index contributed by atoms with van der Waals surface area (Å²) in [4.78, 5) is 30.1. The van der Waals surface area contributed by atoms with E-state index < -0.39 is 18.5 Å². The van der Waals surface area contributed by atoms with Gasteiger partial charge in [-0.2, -0.15) is 0 Å². The second kappa shape index (κ2) is 5.22. The Labute approximate surface area is 67.4 Å². The lowest BCUT2D eigenvalue weighted by molar-refractivity contribution is -0.116. The van der Waals surface area contributed by atoms with Gasteiger partial charge in [0.1, 0.15) is 0 Å². The van der Waals surface area contributed by atoms with E-state index in [2.05, 4.69) is 0 Å². The minimum absolute atomic E-state index is 0.0763. The van der Waals surface area contributed by atoms with Crippen molar-refractivity contribution in [2.45, 2.75) is 12.5 Å². The van der Waals surface area contributed by atoms with Crippen LogP contribution < -0.4 is 10.6 Å². The molecule has 68 valence electrons. The minimum Gasteiger partial charge on any atom is -0.367 e. The number of urea groups is 1. The highest BCUT2D eigenvalue weighted by molar-refractivity contribution is 5.79. The van der Waals surface area contributed by atoms with E-state index in [4.69, 9.17) is 10.2 Å². The van der Waals surface area contributed by atoms with Crippen LogP contribution in [0.1, 0.15) is 0 Å². The van der Waals surface area contributed by atoms with Crippen LogP contribution >= 0.6 is 0 Å². The number of aliphatic hydroxyl groups is 2. The highest BCUT2D eigenvalue weighted by Crippen LogP contribution is 1.73. The van der Waals surface area contributed by atoms with Crippen molar-refractivity contribution >= 4 is 18.6 Å². The van der Waals surface area contributed by atoms with E-state index in [0.717, 1.165) is 0 Å². The van der Waals surface area contributed by atoms with E-state index >= 15 is 0 Å². The fraction of sp³-hybridized carbons (Fsp3) is 0.400. The third-order valence-corrected chi connectivity index (χ3v) is 0.816. The summed E-state index contributed by atoms with van der Waals surface area (Å²) >= 11 is 0. The van der Waals surface area contributed by atoms with Crippen LogP contribution in [0, 0.1) is 0 Å². The first-order valence-electron chi connectivity index (χ1n) is 2.94. The first-order valence-corrected chi connectivity index (χ1v) is 2.94. The number of aliphatic hydroxyl groups excluding tert-OH is 2. The molecule has 0 heterocycles. The Balaban J connectivity index is 3.73. The summed E-state index contributed by atoms with van der Waals surface area (Å²) < 4.78 is 0. The van der Waals surface area contributed by atoms with Crippen molar-refractivity contribution in [3.8, 4) is 0 Å². The Morgan fingerprint density at radius 2 is 1.42 bits per heavy atom. The molecule has 0 bridgehead atoms. The number of carbonyl (C=O) groups excluding carboxylic acids is 3. The van der Waals surface area contributed by atoms with Crippen molar-refractivity contribution in [3.63, 3.8) is 0 Å². The molecule has 0 radical (unpaired) electrons. The molecule has 0 saturated carbocycles. The Morgan fingerprint density at radius 3 is 1.67 bits per heavy atom. The number of amides is 2. The van der Waals surface area contributed by atoms with Gasteiger partial charge in [0.2, 0.25) is 0 Å². The summed E-state index contributed by atoms with van der Waals surface area (Å²) in [6.07, 6.45) is -3.15. The average Bonchev–Trinajstić information content (AvgIpc) is 2.03. The maximum atomic E-state index is 10.5. The third-order valence-electron chi connectivity index (χ3n) is 0.816. The van der Waals surface area contributed by atoms with Gasteiger partial charge < -0.3 is 20.8 Å². The lowest BCUT2D eigenvalue weighted by atomic mass is 10.6. The number of hydrogen-bond acceptors (Lipinski definition) is 5. The van der Waals surface area contributed by atoms with Crippen LogP contribution in [0.4, 0.5) is 4.79 Å². The van der Waals surface area contributed by atoms with Crippen molar-refractivity contribution in [3.05, 3.63) is 0 Å². The standard InChI is InChI=1S/C5H8N2O5/c8-1-3(10)6-5(12)7-4(11)2-9/h1-4,10-11H,(H2,6,7,12). The summed E-state index contributed by atoms with van der Waals surface area (Å²) in [5.41, 5.74) is 0. The monoisotopic (exact) mass is 176 g/mol. The van der Waals surface area contributed by atoms with Gasteiger partial charge in [0.25, 0.3) is 0 Å². The fourth-order valence-electron chi connectivity index (χ4n) is 0.378. The van der Waals surface area contributed by atoms with Gasteiger partial charge in [-0.25, -0.2) is 4.79 Å².